The fraction of sp³-hybridized carbons (Fsp3) is 0.250. The van der Waals surface area contributed by atoms with Gasteiger partial charge in [0.05, 0.1) is 12.6 Å². The molecular weight excluding hydrogens is 378 g/mol. The molecule has 2 aliphatic heterocycles. The number of benzene rings is 2. The molecule has 0 spiro atoms. The number of hydrogen-bond donors (Lipinski definition) is 2. The van der Waals surface area contributed by atoms with Crippen LogP contribution in [0.2, 0.25) is 0 Å². The summed E-state index contributed by atoms with van der Waals surface area (Å²) in [5, 5.41) is 6.59. The van der Waals surface area contributed by atoms with Crippen molar-refractivity contribution in [1.29, 1.82) is 0 Å². The van der Waals surface area contributed by atoms with Gasteiger partial charge in [0.1, 0.15) is 6.17 Å². The summed E-state index contributed by atoms with van der Waals surface area (Å²) in [5.74, 6) is 0.257. The van der Waals surface area contributed by atoms with Gasteiger partial charge < -0.3 is 10.6 Å². The maximum absolute atomic E-state index is 12.6. The van der Waals surface area contributed by atoms with Crippen LogP contribution in [0.15, 0.2) is 65.4 Å². The van der Waals surface area contributed by atoms with Crippen molar-refractivity contribution >= 4 is 21.7 Å². The molecule has 0 fully saturated rings. The lowest BCUT2D eigenvalue weighted by atomic mass is 9.93. The van der Waals surface area contributed by atoms with Gasteiger partial charge in [-0.25, -0.2) is 0 Å². The van der Waals surface area contributed by atoms with Crippen LogP contribution in [-0.4, -0.2) is 29.9 Å². The molecule has 0 saturated carbocycles. The van der Waals surface area contributed by atoms with Gasteiger partial charge in [-0.05, 0) is 28.8 Å². The Morgan fingerprint density at radius 2 is 1.84 bits per heavy atom. The Balaban J connectivity index is 1.78. The lowest BCUT2D eigenvalue weighted by Crippen LogP contribution is -2.46. The highest BCUT2D eigenvalue weighted by Gasteiger charge is 2.31. The molecule has 0 aromatic heterocycles. The molecule has 1 unspecified atom stereocenters. The van der Waals surface area contributed by atoms with Crippen LogP contribution < -0.4 is 10.6 Å². The van der Waals surface area contributed by atoms with Crippen molar-refractivity contribution in [2.75, 3.05) is 13.1 Å². The minimum absolute atomic E-state index is 0.0596. The summed E-state index contributed by atoms with van der Waals surface area (Å²) in [6.45, 7) is 1.19. The van der Waals surface area contributed by atoms with Gasteiger partial charge in [0.2, 0.25) is 0 Å². The molecule has 0 radical (unpaired) electrons. The summed E-state index contributed by atoms with van der Waals surface area (Å²) in [6, 6.07) is 16.8. The van der Waals surface area contributed by atoms with Crippen molar-refractivity contribution in [1.82, 2.24) is 15.5 Å². The average Bonchev–Trinajstić information content (AvgIpc) is 3.06. The Bertz CT molecular complexity index is 798. The third-order valence-corrected chi connectivity index (χ3v) is 5.24. The molecule has 25 heavy (non-hydrogen) atoms. The number of nitrogens with zero attached hydrogens (tertiary/aromatic N) is 1. The van der Waals surface area contributed by atoms with Crippen LogP contribution in [-0.2, 0) is 11.2 Å². The third-order valence-electron chi connectivity index (χ3n) is 4.75. The van der Waals surface area contributed by atoms with E-state index in [4.69, 9.17) is 0 Å². The van der Waals surface area contributed by atoms with Gasteiger partial charge in [-0.15, -0.1) is 0 Å². The molecule has 4 rings (SSSR count). The summed E-state index contributed by atoms with van der Waals surface area (Å²) in [5.41, 5.74) is 3.54. The van der Waals surface area contributed by atoms with E-state index in [0.717, 1.165) is 16.6 Å². The van der Waals surface area contributed by atoms with Crippen molar-refractivity contribution in [3.63, 3.8) is 0 Å². The molecule has 128 valence electrons. The van der Waals surface area contributed by atoms with Crippen LogP contribution in [0.1, 0.15) is 22.7 Å². The summed E-state index contributed by atoms with van der Waals surface area (Å²) >= 11 is 3.60. The Kier molecular flexibility index (Phi) is 4.59. The largest absolute Gasteiger partial charge is 0.369 e. The molecule has 2 heterocycles. The monoisotopic (exact) mass is 397 g/mol. The molecule has 2 aromatic rings. The molecular formula is C20H20BrN3O. The molecule has 1 atom stereocenters. The highest BCUT2D eigenvalue weighted by molar-refractivity contribution is 9.10. The van der Waals surface area contributed by atoms with E-state index in [2.05, 4.69) is 67.9 Å². The fourth-order valence-corrected chi connectivity index (χ4v) is 4.06. The number of nitrogens with one attached hydrogen (secondary N) is 2. The number of ketones is 1. The maximum Gasteiger partial charge on any atom is 0.151 e. The Labute approximate surface area is 156 Å². The summed E-state index contributed by atoms with van der Waals surface area (Å²) in [6.07, 6.45) is 4.43. The standard InChI is InChI=1S/C20H20BrN3O/c21-16-7-6-15-10-17(25)12-24(13-19-22-8-9-23-19)20(18(15)11-16)14-4-2-1-3-5-14/h1-9,11,19-20,22-23H,10,12-13H2. The van der Waals surface area contributed by atoms with E-state index >= 15 is 0 Å². The predicted octanol–water partition coefficient (Wildman–Crippen LogP) is 2.96. The van der Waals surface area contributed by atoms with Crippen molar-refractivity contribution in [3.8, 4) is 0 Å². The number of hydrogen-bond acceptors (Lipinski definition) is 4. The van der Waals surface area contributed by atoms with Crippen molar-refractivity contribution in [2.24, 2.45) is 0 Å². The minimum atomic E-state index is 0.0596. The zero-order chi connectivity index (χ0) is 17.2. The maximum atomic E-state index is 12.6. The second-order valence-corrected chi connectivity index (χ2v) is 7.44. The molecule has 4 nitrogen and oxygen atoms in total. The summed E-state index contributed by atoms with van der Waals surface area (Å²) in [7, 11) is 0. The quantitative estimate of drug-likeness (QED) is 0.835. The highest BCUT2D eigenvalue weighted by Crippen LogP contribution is 2.35. The molecule has 2 aromatic carbocycles. The third kappa shape index (κ3) is 3.48. The van der Waals surface area contributed by atoms with Gasteiger partial charge in [-0.2, -0.15) is 0 Å². The molecule has 2 aliphatic rings. The first kappa shape index (κ1) is 16.4. The Morgan fingerprint density at radius 3 is 2.60 bits per heavy atom. The normalized spacial score (nSPS) is 20.7. The van der Waals surface area contributed by atoms with Crippen molar-refractivity contribution < 1.29 is 4.79 Å². The first-order valence-electron chi connectivity index (χ1n) is 8.47. The van der Waals surface area contributed by atoms with Crippen LogP contribution in [0.3, 0.4) is 0 Å². The molecule has 0 bridgehead atoms. The van der Waals surface area contributed by atoms with Crippen LogP contribution in [0.4, 0.5) is 0 Å². The van der Waals surface area contributed by atoms with Gasteiger partial charge in [0, 0.05) is 29.8 Å². The lowest BCUT2D eigenvalue weighted by Gasteiger charge is -2.33. The van der Waals surface area contributed by atoms with Gasteiger partial charge >= 0.3 is 0 Å². The predicted molar refractivity (Wildman–Crippen MR) is 102 cm³/mol. The Hall–Kier alpha value is -2.11. The van der Waals surface area contributed by atoms with E-state index < -0.39 is 0 Å². The molecule has 0 amide bonds. The molecule has 2 N–H and O–H groups in total. The average molecular weight is 398 g/mol. The van der Waals surface area contributed by atoms with Gasteiger partial charge in [0.15, 0.2) is 5.78 Å². The van der Waals surface area contributed by atoms with E-state index in [0.29, 0.717) is 13.0 Å². The zero-order valence-electron chi connectivity index (χ0n) is 13.8. The molecule has 5 heteroatoms. The van der Waals surface area contributed by atoms with E-state index in [1.54, 1.807) is 0 Å². The van der Waals surface area contributed by atoms with Gasteiger partial charge in [-0.1, -0.05) is 52.3 Å². The first-order valence-corrected chi connectivity index (χ1v) is 9.26. The van der Waals surface area contributed by atoms with Crippen LogP contribution >= 0.6 is 15.9 Å². The van der Waals surface area contributed by atoms with Gasteiger partial charge in [0.25, 0.3) is 0 Å². The van der Waals surface area contributed by atoms with Crippen LogP contribution in [0, 0.1) is 0 Å². The SMILES string of the molecule is O=C1Cc2ccc(Br)cc2C(c2ccccc2)N(CC2NC=CN2)C1. The van der Waals surface area contributed by atoms with Crippen molar-refractivity contribution in [2.45, 2.75) is 18.6 Å². The highest BCUT2D eigenvalue weighted by atomic mass is 79.9. The number of carbonyl (C=O) groups excluding carboxylic acids is 1. The number of rotatable bonds is 3. The summed E-state index contributed by atoms with van der Waals surface area (Å²) in [4.78, 5) is 14.9. The van der Waals surface area contributed by atoms with E-state index in [9.17, 15) is 4.79 Å². The second-order valence-electron chi connectivity index (χ2n) is 6.52. The first-order chi connectivity index (χ1) is 12.2. The van der Waals surface area contributed by atoms with E-state index in [-0.39, 0.29) is 18.0 Å². The Morgan fingerprint density at radius 1 is 1.08 bits per heavy atom. The number of carbonyl (C=O) groups is 1. The number of fused-ring (bicyclic) bond motifs is 1. The number of Topliss-reactive ketones (excluding diaryl/α,β-unsaturated/α-hetero) is 1. The van der Waals surface area contributed by atoms with Crippen LogP contribution in [0.25, 0.3) is 0 Å². The van der Waals surface area contributed by atoms with E-state index in [1.165, 1.54) is 11.1 Å². The second kappa shape index (κ2) is 7.02. The summed E-state index contributed by atoms with van der Waals surface area (Å²) < 4.78 is 1.04. The molecule has 0 saturated heterocycles. The van der Waals surface area contributed by atoms with E-state index in [1.807, 2.05) is 24.5 Å². The zero-order valence-corrected chi connectivity index (χ0v) is 15.4. The topological polar surface area (TPSA) is 44.4 Å². The fourth-order valence-electron chi connectivity index (χ4n) is 3.68. The minimum Gasteiger partial charge on any atom is -0.369 e. The molecule has 0 aliphatic carbocycles. The smallest absolute Gasteiger partial charge is 0.151 e. The lowest BCUT2D eigenvalue weighted by molar-refractivity contribution is -0.119. The van der Waals surface area contributed by atoms with Crippen molar-refractivity contribution in [3.05, 3.63) is 82.1 Å². The number of halogens is 1. The van der Waals surface area contributed by atoms with Gasteiger partial charge in [-0.3, -0.25) is 9.69 Å². The van der Waals surface area contributed by atoms with Crippen LogP contribution in [0.5, 0.6) is 0 Å².